The van der Waals surface area contributed by atoms with E-state index >= 15 is 0 Å². The molecule has 0 saturated carbocycles. The number of aromatic nitrogens is 1. The molecule has 1 aromatic carbocycles. The third-order valence-electron chi connectivity index (χ3n) is 2.06. The van der Waals surface area contributed by atoms with Gasteiger partial charge in [-0.2, -0.15) is 0 Å². The minimum Gasteiger partial charge on any atom is -0.358 e. The summed E-state index contributed by atoms with van der Waals surface area (Å²) in [5.41, 5.74) is 3.82. The molecule has 0 unspecified atom stereocenters. The number of aryl methyl sites for hydroxylation is 2. The van der Waals surface area contributed by atoms with Gasteiger partial charge in [-0.3, -0.25) is 0 Å². The Kier molecular flexibility index (Phi) is 1.87. The summed E-state index contributed by atoms with van der Waals surface area (Å²) in [6.07, 6.45) is 0. The van der Waals surface area contributed by atoms with Crippen molar-refractivity contribution >= 4 is 33.5 Å². The molecule has 1 nitrogen and oxygen atoms in total. The van der Waals surface area contributed by atoms with Crippen molar-refractivity contribution in [3.05, 3.63) is 33.0 Å². The van der Waals surface area contributed by atoms with E-state index in [1.165, 1.54) is 25.7 Å². The normalized spacial score (nSPS) is 10.9. The smallest absolute Gasteiger partial charge is 0.0467 e. The maximum Gasteiger partial charge on any atom is 0.0467 e. The fourth-order valence-corrected chi connectivity index (χ4v) is 1.99. The van der Waals surface area contributed by atoms with Crippen LogP contribution in [0.15, 0.2) is 18.2 Å². The van der Waals surface area contributed by atoms with E-state index in [2.05, 4.69) is 59.6 Å². The topological polar surface area (TPSA) is 15.8 Å². The van der Waals surface area contributed by atoms with Crippen molar-refractivity contribution in [2.24, 2.45) is 0 Å². The molecule has 0 saturated heterocycles. The highest BCUT2D eigenvalue weighted by Gasteiger charge is 2.03. The molecule has 1 heterocycles. The molecule has 0 aliphatic carbocycles. The predicted octanol–water partition coefficient (Wildman–Crippen LogP) is 3.39. The number of fused-ring (bicyclic) bond motifs is 1. The lowest BCUT2D eigenvalue weighted by atomic mass is 10.2. The van der Waals surface area contributed by atoms with Gasteiger partial charge in [0.1, 0.15) is 0 Å². The fourth-order valence-electron chi connectivity index (χ4n) is 1.41. The molecule has 12 heavy (non-hydrogen) atoms. The van der Waals surface area contributed by atoms with Crippen LogP contribution in [0, 0.1) is 17.4 Å². The van der Waals surface area contributed by atoms with E-state index in [1.807, 2.05) is 0 Å². The standard InChI is InChI=1S/C10H10IN/c1-6-3-4-9-8(5-6)10(11)7(2)12-9/h3-5,12H,1-2H3. The Morgan fingerprint density at radius 1 is 1.25 bits per heavy atom. The molecule has 2 aromatic rings. The van der Waals surface area contributed by atoms with Crippen LogP contribution >= 0.6 is 22.6 Å². The Labute approximate surface area is 85.3 Å². The second-order valence-corrected chi connectivity index (χ2v) is 4.19. The Morgan fingerprint density at radius 3 is 2.75 bits per heavy atom. The fraction of sp³-hybridized carbons (Fsp3) is 0.200. The minimum absolute atomic E-state index is 1.24. The van der Waals surface area contributed by atoms with Crippen molar-refractivity contribution in [2.45, 2.75) is 13.8 Å². The molecule has 1 N–H and O–H groups in total. The van der Waals surface area contributed by atoms with Gasteiger partial charge in [-0.25, -0.2) is 0 Å². The maximum absolute atomic E-state index is 3.35. The van der Waals surface area contributed by atoms with Gasteiger partial charge in [-0.15, -0.1) is 0 Å². The zero-order valence-electron chi connectivity index (χ0n) is 7.11. The maximum atomic E-state index is 3.35. The highest BCUT2D eigenvalue weighted by Crippen LogP contribution is 2.24. The number of rotatable bonds is 0. The summed E-state index contributed by atoms with van der Waals surface area (Å²) < 4.78 is 1.34. The van der Waals surface area contributed by atoms with Crippen molar-refractivity contribution in [1.29, 1.82) is 0 Å². The van der Waals surface area contributed by atoms with Crippen LogP contribution in [0.5, 0.6) is 0 Å². The molecule has 0 atom stereocenters. The van der Waals surface area contributed by atoms with Crippen LogP contribution < -0.4 is 0 Å². The number of hydrogen-bond donors (Lipinski definition) is 1. The number of hydrogen-bond acceptors (Lipinski definition) is 0. The van der Waals surface area contributed by atoms with E-state index in [1.54, 1.807) is 0 Å². The van der Waals surface area contributed by atoms with Crippen LogP contribution in [0.4, 0.5) is 0 Å². The summed E-state index contributed by atoms with van der Waals surface area (Å²) >= 11 is 2.38. The molecular weight excluding hydrogens is 261 g/mol. The quantitative estimate of drug-likeness (QED) is 0.707. The van der Waals surface area contributed by atoms with Crippen LogP contribution in [0.2, 0.25) is 0 Å². The third kappa shape index (κ3) is 1.14. The van der Waals surface area contributed by atoms with Gasteiger partial charge in [0.15, 0.2) is 0 Å². The minimum atomic E-state index is 1.24. The number of halogens is 1. The van der Waals surface area contributed by atoms with Gasteiger partial charge in [0.25, 0.3) is 0 Å². The second kappa shape index (κ2) is 2.76. The van der Waals surface area contributed by atoms with Gasteiger partial charge in [0.05, 0.1) is 0 Å². The third-order valence-corrected chi connectivity index (χ3v) is 3.45. The summed E-state index contributed by atoms with van der Waals surface area (Å²) in [5.74, 6) is 0. The Balaban J connectivity index is 2.88. The molecule has 0 aliphatic rings. The van der Waals surface area contributed by atoms with E-state index in [0.29, 0.717) is 0 Å². The lowest BCUT2D eigenvalue weighted by Gasteiger charge is -1.92. The van der Waals surface area contributed by atoms with Gasteiger partial charge >= 0.3 is 0 Å². The van der Waals surface area contributed by atoms with E-state index in [9.17, 15) is 0 Å². The predicted molar refractivity (Wildman–Crippen MR) is 60.5 cm³/mol. The van der Waals surface area contributed by atoms with Crippen LogP contribution in [0.25, 0.3) is 10.9 Å². The first-order valence-electron chi connectivity index (χ1n) is 3.93. The van der Waals surface area contributed by atoms with Crippen molar-refractivity contribution in [2.75, 3.05) is 0 Å². The van der Waals surface area contributed by atoms with E-state index in [0.717, 1.165) is 0 Å². The van der Waals surface area contributed by atoms with Crippen molar-refractivity contribution in [3.63, 3.8) is 0 Å². The Bertz CT molecular complexity index is 429. The van der Waals surface area contributed by atoms with Crippen LogP contribution in [0.1, 0.15) is 11.3 Å². The highest BCUT2D eigenvalue weighted by atomic mass is 127. The van der Waals surface area contributed by atoms with Gasteiger partial charge < -0.3 is 4.98 Å². The molecular formula is C10H10IN. The van der Waals surface area contributed by atoms with Gasteiger partial charge in [0, 0.05) is 20.2 Å². The van der Waals surface area contributed by atoms with Crippen LogP contribution in [-0.4, -0.2) is 4.98 Å². The molecule has 0 amide bonds. The SMILES string of the molecule is Cc1ccc2[nH]c(C)c(I)c2c1. The lowest BCUT2D eigenvalue weighted by Crippen LogP contribution is -1.72. The van der Waals surface area contributed by atoms with Gasteiger partial charge in [-0.1, -0.05) is 11.6 Å². The number of benzene rings is 1. The first-order chi connectivity index (χ1) is 5.68. The van der Waals surface area contributed by atoms with Crippen LogP contribution in [0.3, 0.4) is 0 Å². The van der Waals surface area contributed by atoms with Gasteiger partial charge in [0.2, 0.25) is 0 Å². The number of nitrogens with one attached hydrogen (secondary N) is 1. The zero-order valence-corrected chi connectivity index (χ0v) is 9.27. The van der Waals surface area contributed by atoms with Crippen molar-refractivity contribution < 1.29 is 0 Å². The Morgan fingerprint density at radius 2 is 2.00 bits per heavy atom. The zero-order chi connectivity index (χ0) is 8.72. The van der Waals surface area contributed by atoms with E-state index < -0.39 is 0 Å². The van der Waals surface area contributed by atoms with Crippen molar-refractivity contribution in [1.82, 2.24) is 4.98 Å². The second-order valence-electron chi connectivity index (χ2n) is 3.11. The van der Waals surface area contributed by atoms with Crippen LogP contribution in [-0.2, 0) is 0 Å². The number of H-pyrrole nitrogens is 1. The molecule has 0 fully saturated rings. The largest absolute Gasteiger partial charge is 0.358 e. The lowest BCUT2D eigenvalue weighted by molar-refractivity contribution is 1.28. The molecule has 2 rings (SSSR count). The molecule has 1 aromatic heterocycles. The first-order valence-corrected chi connectivity index (χ1v) is 5.01. The molecule has 0 radical (unpaired) electrons. The molecule has 0 bridgehead atoms. The first kappa shape index (κ1) is 8.10. The van der Waals surface area contributed by atoms with Gasteiger partial charge in [-0.05, 0) is 48.6 Å². The highest BCUT2D eigenvalue weighted by molar-refractivity contribution is 14.1. The molecule has 0 spiro atoms. The average Bonchev–Trinajstić information content (AvgIpc) is 2.31. The molecule has 62 valence electrons. The monoisotopic (exact) mass is 271 g/mol. The summed E-state index contributed by atoms with van der Waals surface area (Å²) in [5, 5.41) is 1.34. The Hall–Kier alpha value is -0.510. The van der Waals surface area contributed by atoms with Crippen molar-refractivity contribution in [3.8, 4) is 0 Å². The molecule has 0 aliphatic heterocycles. The van der Waals surface area contributed by atoms with E-state index in [4.69, 9.17) is 0 Å². The summed E-state index contributed by atoms with van der Waals surface area (Å²) in [4.78, 5) is 3.35. The summed E-state index contributed by atoms with van der Waals surface area (Å²) in [7, 11) is 0. The summed E-state index contributed by atoms with van der Waals surface area (Å²) in [6.45, 7) is 4.23. The van der Waals surface area contributed by atoms with E-state index in [-0.39, 0.29) is 0 Å². The number of aromatic amines is 1. The molecule has 2 heteroatoms. The summed E-state index contributed by atoms with van der Waals surface area (Å²) in [6, 6.07) is 6.49. The average molecular weight is 271 g/mol.